The first-order valence-electron chi connectivity index (χ1n) is 5.45. The van der Waals surface area contributed by atoms with E-state index in [-0.39, 0.29) is 12.1 Å². The Hall–Kier alpha value is -1.05. The molecule has 0 saturated carbocycles. The molecule has 0 spiro atoms. The summed E-state index contributed by atoms with van der Waals surface area (Å²) in [7, 11) is 0. The van der Waals surface area contributed by atoms with E-state index in [9.17, 15) is 4.79 Å². The van der Waals surface area contributed by atoms with Gasteiger partial charge in [-0.2, -0.15) is 0 Å². The molecule has 0 N–H and O–H groups in total. The van der Waals surface area contributed by atoms with Gasteiger partial charge in [0.25, 0.3) is 0 Å². The highest BCUT2D eigenvalue weighted by Gasteiger charge is 2.01. The Kier molecular flexibility index (Phi) is 9.78. The van der Waals surface area contributed by atoms with Gasteiger partial charge in [0.1, 0.15) is 12.7 Å². The zero-order valence-electron chi connectivity index (χ0n) is 10.2. The monoisotopic (exact) mass is 228 g/mol. The van der Waals surface area contributed by atoms with Gasteiger partial charge in [0.2, 0.25) is 0 Å². The van der Waals surface area contributed by atoms with Crippen LogP contribution in [0.2, 0.25) is 0 Å². The average Bonchev–Trinajstić information content (AvgIpc) is 2.21. The van der Waals surface area contributed by atoms with E-state index in [1.54, 1.807) is 0 Å². The van der Waals surface area contributed by atoms with Crippen LogP contribution in [0.25, 0.3) is 0 Å². The Morgan fingerprint density at radius 3 is 2.56 bits per heavy atom. The Labute approximate surface area is 97.3 Å². The lowest BCUT2D eigenvalue weighted by atomic mass is 10.3. The fourth-order valence-electron chi connectivity index (χ4n) is 0.977. The largest absolute Gasteiger partial charge is 0.462 e. The summed E-state index contributed by atoms with van der Waals surface area (Å²) in [6.45, 7) is 7.39. The molecule has 0 fully saturated rings. The Morgan fingerprint density at radius 2 is 1.94 bits per heavy atom. The molecule has 0 unspecified atom stereocenters. The minimum atomic E-state index is -0.276. The third-order valence-corrected chi connectivity index (χ3v) is 1.63. The fourth-order valence-corrected chi connectivity index (χ4v) is 0.977. The van der Waals surface area contributed by atoms with Crippen LogP contribution in [0.15, 0.2) is 0 Å². The second-order valence-corrected chi connectivity index (χ2v) is 3.23. The summed E-state index contributed by atoms with van der Waals surface area (Å²) < 4.78 is 15.2. The predicted molar refractivity (Wildman–Crippen MR) is 60.9 cm³/mol. The van der Waals surface area contributed by atoms with Gasteiger partial charge in [0.05, 0.1) is 13.2 Å². The molecule has 0 aromatic carbocycles. The smallest absolute Gasteiger partial charge is 0.302 e. The van der Waals surface area contributed by atoms with Crippen molar-refractivity contribution in [1.82, 2.24) is 0 Å². The number of hydrogen-bond acceptors (Lipinski definition) is 4. The first-order valence-corrected chi connectivity index (χ1v) is 5.45. The van der Waals surface area contributed by atoms with Crippen molar-refractivity contribution in [1.29, 1.82) is 0 Å². The van der Waals surface area contributed by atoms with E-state index in [4.69, 9.17) is 14.2 Å². The molecular formula is C12H20O4. The van der Waals surface area contributed by atoms with E-state index in [0.29, 0.717) is 32.8 Å². The Morgan fingerprint density at radius 1 is 1.25 bits per heavy atom. The standard InChI is InChI=1S/C12H20O4/c1-4-14-9-10-15-8-6-5-7-11(2)16-12(3)13/h11H,4,7-10H2,1-3H3/t11-/m1/s1. The number of hydrogen-bond donors (Lipinski definition) is 0. The van der Waals surface area contributed by atoms with Crippen molar-refractivity contribution >= 4 is 5.97 Å². The lowest BCUT2D eigenvalue weighted by molar-refractivity contribution is -0.145. The highest BCUT2D eigenvalue weighted by Crippen LogP contribution is 1.95. The molecule has 0 aliphatic heterocycles. The zero-order chi connectivity index (χ0) is 12.2. The van der Waals surface area contributed by atoms with E-state index in [1.807, 2.05) is 13.8 Å². The number of rotatable bonds is 7. The molecule has 0 heterocycles. The molecule has 0 aromatic heterocycles. The highest BCUT2D eigenvalue weighted by molar-refractivity contribution is 5.66. The molecule has 0 aromatic rings. The van der Waals surface area contributed by atoms with Crippen LogP contribution in [-0.2, 0) is 19.0 Å². The summed E-state index contributed by atoms with van der Waals surface area (Å²) in [5.41, 5.74) is 0. The van der Waals surface area contributed by atoms with Crippen LogP contribution in [0.1, 0.15) is 27.2 Å². The molecule has 0 aliphatic rings. The second kappa shape index (κ2) is 10.5. The maximum Gasteiger partial charge on any atom is 0.302 e. The molecule has 4 nitrogen and oxygen atoms in total. The molecular weight excluding hydrogens is 208 g/mol. The lowest BCUT2D eigenvalue weighted by Crippen LogP contribution is -2.11. The van der Waals surface area contributed by atoms with Gasteiger partial charge in [0.15, 0.2) is 0 Å². The van der Waals surface area contributed by atoms with E-state index < -0.39 is 0 Å². The Balaban J connectivity index is 3.37. The average molecular weight is 228 g/mol. The maximum absolute atomic E-state index is 10.6. The Bertz CT molecular complexity index is 239. The van der Waals surface area contributed by atoms with Crippen molar-refractivity contribution in [3.8, 4) is 11.8 Å². The molecule has 0 amide bonds. The number of carbonyl (C=O) groups is 1. The van der Waals surface area contributed by atoms with Gasteiger partial charge in [-0.05, 0) is 13.8 Å². The quantitative estimate of drug-likeness (QED) is 0.375. The highest BCUT2D eigenvalue weighted by atomic mass is 16.5. The molecule has 0 saturated heterocycles. The summed E-state index contributed by atoms with van der Waals surface area (Å²) in [5, 5.41) is 0. The van der Waals surface area contributed by atoms with Crippen LogP contribution in [0.5, 0.6) is 0 Å². The molecule has 0 aliphatic carbocycles. The van der Waals surface area contributed by atoms with Crippen LogP contribution in [-0.4, -0.2) is 38.5 Å². The van der Waals surface area contributed by atoms with Gasteiger partial charge in [-0.1, -0.05) is 11.8 Å². The van der Waals surface area contributed by atoms with Crippen LogP contribution < -0.4 is 0 Å². The first kappa shape index (κ1) is 14.9. The summed E-state index contributed by atoms with van der Waals surface area (Å²) >= 11 is 0. The lowest BCUT2D eigenvalue weighted by Gasteiger charge is -2.06. The number of esters is 1. The van der Waals surface area contributed by atoms with Crippen LogP contribution in [0, 0.1) is 11.8 Å². The normalized spacial score (nSPS) is 11.4. The third-order valence-electron chi connectivity index (χ3n) is 1.63. The van der Waals surface area contributed by atoms with Gasteiger partial charge in [-0.15, -0.1) is 0 Å². The van der Waals surface area contributed by atoms with Gasteiger partial charge >= 0.3 is 5.97 Å². The van der Waals surface area contributed by atoms with Gasteiger partial charge in [0, 0.05) is 20.0 Å². The molecule has 92 valence electrons. The van der Waals surface area contributed by atoms with Crippen molar-refractivity contribution in [2.75, 3.05) is 26.4 Å². The van der Waals surface area contributed by atoms with E-state index >= 15 is 0 Å². The van der Waals surface area contributed by atoms with Crippen LogP contribution >= 0.6 is 0 Å². The molecule has 0 bridgehead atoms. The molecule has 0 radical (unpaired) electrons. The molecule has 0 rings (SSSR count). The molecule has 1 atom stereocenters. The second-order valence-electron chi connectivity index (χ2n) is 3.23. The van der Waals surface area contributed by atoms with Crippen molar-refractivity contribution in [2.45, 2.75) is 33.3 Å². The number of carbonyl (C=O) groups excluding carboxylic acids is 1. The topological polar surface area (TPSA) is 44.8 Å². The summed E-state index contributed by atoms with van der Waals surface area (Å²) in [4.78, 5) is 10.6. The van der Waals surface area contributed by atoms with E-state index in [0.717, 1.165) is 0 Å². The zero-order valence-corrected chi connectivity index (χ0v) is 10.2. The van der Waals surface area contributed by atoms with E-state index in [1.165, 1.54) is 6.92 Å². The predicted octanol–water partition coefficient (Wildman–Crippen LogP) is 1.38. The van der Waals surface area contributed by atoms with Gasteiger partial charge in [-0.3, -0.25) is 4.79 Å². The molecule has 16 heavy (non-hydrogen) atoms. The van der Waals surface area contributed by atoms with Gasteiger partial charge in [-0.25, -0.2) is 0 Å². The minimum absolute atomic E-state index is 0.159. The molecule has 4 heteroatoms. The van der Waals surface area contributed by atoms with Crippen molar-refractivity contribution in [3.05, 3.63) is 0 Å². The summed E-state index contributed by atoms with van der Waals surface area (Å²) in [6.07, 6.45) is 0.377. The van der Waals surface area contributed by atoms with Crippen molar-refractivity contribution in [3.63, 3.8) is 0 Å². The SMILES string of the molecule is CCOCCOCC#CC[C@@H](C)OC(C)=O. The third kappa shape index (κ3) is 11.0. The summed E-state index contributed by atoms with van der Waals surface area (Å²) in [6, 6.07) is 0. The first-order chi connectivity index (χ1) is 7.66. The number of ether oxygens (including phenoxy) is 3. The van der Waals surface area contributed by atoms with Crippen LogP contribution in [0.4, 0.5) is 0 Å². The van der Waals surface area contributed by atoms with Crippen LogP contribution in [0.3, 0.4) is 0 Å². The van der Waals surface area contributed by atoms with E-state index in [2.05, 4.69) is 11.8 Å². The van der Waals surface area contributed by atoms with Gasteiger partial charge < -0.3 is 14.2 Å². The summed E-state index contributed by atoms with van der Waals surface area (Å²) in [5.74, 6) is 5.46. The minimum Gasteiger partial charge on any atom is -0.462 e. The maximum atomic E-state index is 10.6. The van der Waals surface area contributed by atoms with Crippen molar-refractivity contribution < 1.29 is 19.0 Å². The fraction of sp³-hybridized carbons (Fsp3) is 0.750. The van der Waals surface area contributed by atoms with Crippen molar-refractivity contribution in [2.24, 2.45) is 0 Å².